The highest BCUT2D eigenvalue weighted by atomic mass is 16.7. The third-order valence-electron chi connectivity index (χ3n) is 5.65. The number of amides is 3. The Morgan fingerprint density at radius 2 is 1.92 bits per heavy atom. The number of carbonyl (C=O) groups excluding carboxylic acids is 3. The van der Waals surface area contributed by atoms with Crippen molar-refractivity contribution in [3.63, 3.8) is 0 Å². The molecule has 0 atom stereocenters. The summed E-state index contributed by atoms with van der Waals surface area (Å²) < 4.78 is 4.93. The van der Waals surface area contributed by atoms with Crippen molar-refractivity contribution in [2.24, 2.45) is 5.92 Å². The Morgan fingerprint density at radius 1 is 1.14 bits per heavy atom. The molecule has 4 N–H and O–H groups in total. The first-order valence-electron chi connectivity index (χ1n) is 12.0. The van der Waals surface area contributed by atoms with E-state index < -0.39 is 12.0 Å². The van der Waals surface area contributed by atoms with Gasteiger partial charge in [0, 0.05) is 24.0 Å². The van der Waals surface area contributed by atoms with E-state index in [1.54, 1.807) is 37.4 Å². The van der Waals surface area contributed by atoms with Crippen molar-refractivity contribution in [1.82, 2.24) is 15.8 Å². The number of para-hydroxylation sites is 1. The third-order valence-corrected chi connectivity index (χ3v) is 5.65. The van der Waals surface area contributed by atoms with E-state index in [1.165, 1.54) is 12.8 Å². The van der Waals surface area contributed by atoms with Crippen LogP contribution in [0.25, 0.3) is 0 Å². The number of urea groups is 1. The van der Waals surface area contributed by atoms with Gasteiger partial charge in [0.15, 0.2) is 0 Å². The summed E-state index contributed by atoms with van der Waals surface area (Å²) in [5, 5.41) is 8.48. The molecule has 1 aromatic carbocycles. The zero-order valence-corrected chi connectivity index (χ0v) is 20.5. The van der Waals surface area contributed by atoms with Gasteiger partial charge >= 0.3 is 12.0 Å². The van der Waals surface area contributed by atoms with Crippen LogP contribution in [-0.4, -0.2) is 42.7 Å². The summed E-state index contributed by atoms with van der Waals surface area (Å²) in [7, 11) is 0. The lowest BCUT2D eigenvalue weighted by Crippen LogP contribution is -2.32. The fourth-order valence-corrected chi connectivity index (χ4v) is 3.73. The molecular formula is C26H33N5O5. The molecule has 0 radical (unpaired) electrons. The maximum atomic E-state index is 12.6. The quantitative estimate of drug-likeness (QED) is 0.153. The highest BCUT2D eigenvalue weighted by Crippen LogP contribution is 2.24. The van der Waals surface area contributed by atoms with E-state index in [0.717, 1.165) is 18.4 Å². The van der Waals surface area contributed by atoms with Crippen molar-refractivity contribution >= 4 is 29.4 Å². The van der Waals surface area contributed by atoms with Crippen LogP contribution in [0.4, 0.5) is 16.3 Å². The third kappa shape index (κ3) is 8.70. The summed E-state index contributed by atoms with van der Waals surface area (Å²) in [5.74, 6) is 0.0555. The van der Waals surface area contributed by atoms with Crippen LogP contribution in [0.2, 0.25) is 0 Å². The molecule has 0 spiro atoms. The molecule has 3 amide bonds. The molecule has 3 rings (SSSR count). The van der Waals surface area contributed by atoms with E-state index in [9.17, 15) is 14.4 Å². The van der Waals surface area contributed by atoms with Gasteiger partial charge in [0.25, 0.3) is 5.91 Å². The molecule has 1 heterocycles. The second kappa shape index (κ2) is 13.8. The van der Waals surface area contributed by atoms with Crippen LogP contribution < -0.4 is 21.4 Å². The molecule has 0 saturated heterocycles. The molecule has 36 heavy (non-hydrogen) atoms. The van der Waals surface area contributed by atoms with E-state index in [2.05, 4.69) is 33.0 Å². The minimum absolute atomic E-state index is 0.0368. The molecule has 10 nitrogen and oxygen atoms in total. The molecule has 1 fully saturated rings. The highest BCUT2D eigenvalue weighted by molar-refractivity contribution is 5.99. The predicted molar refractivity (Wildman–Crippen MR) is 136 cm³/mol. The average Bonchev–Trinajstić information content (AvgIpc) is 3.39. The van der Waals surface area contributed by atoms with Crippen LogP contribution in [0.3, 0.4) is 0 Å². The van der Waals surface area contributed by atoms with Crippen LogP contribution in [-0.2, 0) is 20.9 Å². The van der Waals surface area contributed by atoms with Crippen LogP contribution in [0.15, 0.2) is 54.7 Å². The van der Waals surface area contributed by atoms with Crippen LogP contribution >= 0.6 is 0 Å². The summed E-state index contributed by atoms with van der Waals surface area (Å²) in [6, 6.07) is 10.2. The van der Waals surface area contributed by atoms with Gasteiger partial charge in [0.2, 0.25) is 0 Å². The maximum absolute atomic E-state index is 12.6. The largest absolute Gasteiger partial charge is 0.460 e. The van der Waals surface area contributed by atoms with Crippen LogP contribution in [0.1, 0.15) is 48.5 Å². The van der Waals surface area contributed by atoms with E-state index >= 15 is 0 Å². The first-order valence-corrected chi connectivity index (χ1v) is 12.0. The number of ether oxygens (including phenoxy) is 1. The topological polar surface area (TPSA) is 131 Å². The van der Waals surface area contributed by atoms with Gasteiger partial charge in [0.05, 0.1) is 18.7 Å². The molecular weight excluding hydrogens is 462 g/mol. The van der Waals surface area contributed by atoms with E-state index in [1.807, 2.05) is 12.1 Å². The van der Waals surface area contributed by atoms with E-state index in [0.29, 0.717) is 41.7 Å². The number of hydrogen-bond acceptors (Lipinski definition) is 7. The Morgan fingerprint density at radius 3 is 2.69 bits per heavy atom. The monoisotopic (exact) mass is 495 g/mol. The smallest absolute Gasteiger partial charge is 0.333 e. The lowest BCUT2D eigenvalue weighted by molar-refractivity contribution is -0.138. The summed E-state index contributed by atoms with van der Waals surface area (Å²) in [5.41, 5.74) is 4.83. The fraction of sp³-hybridized carbons (Fsp3) is 0.385. The normalized spacial score (nSPS) is 13.0. The van der Waals surface area contributed by atoms with Gasteiger partial charge in [-0.1, -0.05) is 31.6 Å². The molecule has 2 aromatic rings. The average molecular weight is 496 g/mol. The molecule has 192 valence electrons. The Bertz CT molecular complexity index is 1070. The summed E-state index contributed by atoms with van der Waals surface area (Å²) in [4.78, 5) is 45.7. The molecule has 10 heteroatoms. The van der Waals surface area contributed by atoms with Crippen molar-refractivity contribution in [2.45, 2.75) is 39.2 Å². The van der Waals surface area contributed by atoms with Crippen molar-refractivity contribution in [3.05, 3.63) is 65.9 Å². The number of pyridine rings is 1. The summed E-state index contributed by atoms with van der Waals surface area (Å²) in [6.07, 6.45) is 6.31. The number of esters is 1. The highest BCUT2D eigenvalue weighted by Gasteiger charge is 2.17. The first kappa shape index (κ1) is 26.7. The van der Waals surface area contributed by atoms with Crippen LogP contribution in [0, 0.1) is 5.92 Å². The maximum Gasteiger partial charge on any atom is 0.333 e. The number of nitrogens with zero attached hydrogens (tertiary/aromatic N) is 1. The number of benzene rings is 1. The fourth-order valence-electron chi connectivity index (χ4n) is 3.73. The molecule has 0 aliphatic heterocycles. The van der Waals surface area contributed by atoms with Crippen molar-refractivity contribution < 1.29 is 24.0 Å². The van der Waals surface area contributed by atoms with Gasteiger partial charge in [-0.05, 0) is 55.5 Å². The lowest BCUT2D eigenvalue weighted by Gasteiger charge is -2.14. The second-order valence-corrected chi connectivity index (χ2v) is 8.64. The summed E-state index contributed by atoms with van der Waals surface area (Å²) >= 11 is 0. The zero-order chi connectivity index (χ0) is 25.8. The Hall–Kier alpha value is -3.92. The zero-order valence-electron chi connectivity index (χ0n) is 20.5. The van der Waals surface area contributed by atoms with Gasteiger partial charge in [0.1, 0.15) is 12.4 Å². The number of anilines is 2. The number of rotatable bonds is 12. The Balaban J connectivity index is 1.46. The minimum Gasteiger partial charge on any atom is -0.460 e. The van der Waals surface area contributed by atoms with Gasteiger partial charge in [-0.15, -0.1) is 0 Å². The molecule has 1 aromatic heterocycles. The van der Waals surface area contributed by atoms with E-state index in [-0.39, 0.29) is 19.1 Å². The second-order valence-electron chi connectivity index (χ2n) is 8.64. The number of carbonyl (C=O) groups is 3. The number of hydrogen-bond donors (Lipinski definition) is 4. The van der Waals surface area contributed by atoms with Gasteiger partial charge in [-0.25, -0.2) is 20.1 Å². The minimum atomic E-state index is -0.505. The molecule has 0 unspecified atom stereocenters. The van der Waals surface area contributed by atoms with Crippen molar-refractivity contribution in [2.75, 3.05) is 30.4 Å². The lowest BCUT2D eigenvalue weighted by atomic mass is 10.1. The van der Waals surface area contributed by atoms with E-state index in [4.69, 9.17) is 9.57 Å². The van der Waals surface area contributed by atoms with Crippen molar-refractivity contribution in [3.8, 4) is 0 Å². The van der Waals surface area contributed by atoms with Gasteiger partial charge in [-0.2, -0.15) is 0 Å². The Kier molecular flexibility index (Phi) is 10.3. The molecule has 0 bridgehead atoms. The van der Waals surface area contributed by atoms with Gasteiger partial charge in [-0.3, -0.25) is 14.9 Å². The van der Waals surface area contributed by atoms with Crippen molar-refractivity contribution in [1.29, 1.82) is 0 Å². The molecule has 1 aliphatic carbocycles. The number of aromatic nitrogens is 1. The predicted octanol–water partition coefficient (Wildman–Crippen LogP) is 3.79. The first-order chi connectivity index (χ1) is 17.4. The molecule has 1 saturated carbocycles. The number of hydroxylamine groups is 1. The molecule has 1 aliphatic rings. The summed E-state index contributed by atoms with van der Waals surface area (Å²) in [6.45, 7) is 6.16. The standard InChI is InChI=1S/C26H33N5O5/c1-18(2)25(33)35-14-13-28-26(34)30-23-15-20(11-12-27-23)16-29-22-10-6-5-9-21(22)24(32)31-36-17-19-7-3-4-8-19/h5-6,9-12,15,19,29H,1,3-4,7-8,13-14,16-17H2,2H3,(H,31,32)(H2,27,28,30,34). The number of nitrogens with one attached hydrogen (secondary N) is 4. The van der Waals surface area contributed by atoms with Crippen LogP contribution in [0.5, 0.6) is 0 Å². The SMILES string of the molecule is C=C(C)C(=O)OCCNC(=O)Nc1cc(CNc2ccccc2C(=O)NOCC2CCCC2)ccn1. The van der Waals surface area contributed by atoms with Gasteiger partial charge < -0.3 is 15.4 Å². The Labute approximate surface area is 210 Å².